The van der Waals surface area contributed by atoms with Crippen LogP contribution < -0.4 is 4.72 Å². The minimum atomic E-state index is -3.75. The van der Waals surface area contributed by atoms with E-state index < -0.39 is 10.0 Å². The molecule has 0 radical (unpaired) electrons. The second kappa shape index (κ2) is 7.46. The van der Waals surface area contributed by atoms with E-state index in [0.717, 1.165) is 48.6 Å². The van der Waals surface area contributed by atoms with Crippen molar-refractivity contribution in [2.45, 2.75) is 30.7 Å². The van der Waals surface area contributed by atoms with Crippen molar-refractivity contribution in [3.8, 4) is 16.9 Å². The van der Waals surface area contributed by atoms with Crippen molar-refractivity contribution in [3.63, 3.8) is 0 Å². The molecule has 0 atom stereocenters. The zero-order chi connectivity index (χ0) is 20.6. The molecule has 152 valence electrons. The minimum absolute atomic E-state index is 0.192. The van der Waals surface area contributed by atoms with Crippen molar-refractivity contribution in [2.75, 3.05) is 4.72 Å². The summed E-state index contributed by atoms with van der Waals surface area (Å²) in [5.41, 5.74) is 2.88. The van der Waals surface area contributed by atoms with Crippen molar-refractivity contribution >= 4 is 15.7 Å². The van der Waals surface area contributed by atoms with Gasteiger partial charge in [-0.1, -0.05) is 18.2 Å². The Kier molecular flexibility index (Phi) is 4.63. The molecule has 30 heavy (non-hydrogen) atoms. The van der Waals surface area contributed by atoms with Crippen molar-refractivity contribution < 1.29 is 8.42 Å². The van der Waals surface area contributed by atoms with Crippen LogP contribution in [0.5, 0.6) is 0 Å². The number of para-hydroxylation sites is 1. The quantitative estimate of drug-likeness (QED) is 0.532. The van der Waals surface area contributed by atoms with Crippen molar-refractivity contribution in [3.05, 3.63) is 79.0 Å². The second-order valence-corrected chi connectivity index (χ2v) is 8.97. The lowest BCUT2D eigenvalue weighted by Crippen LogP contribution is -2.13. The van der Waals surface area contributed by atoms with E-state index in [9.17, 15) is 8.42 Å². The summed E-state index contributed by atoms with van der Waals surface area (Å²) in [5, 5.41) is 4.16. The molecule has 3 heterocycles. The van der Waals surface area contributed by atoms with Gasteiger partial charge in [-0.3, -0.25) is 4.72 Å². The molecule has 7 nitrogen and oxygen atoms in total. The summed E-state index contributed by atoms with van der Waals surface area (Å²) in [6.07, 6.45) is 8.74. The van der Waals surface area contributed by atoms with Crippen molar-refractivity contribution in [2.24, 2.45) is 0 Å². The number of anilines is 1. The molecule has 0 saturated heterocycles. The summed E-state index contributed by atoms with van der Waals surface area (Å²) < 4.78 is 32.6. The van der Waals surface area contributed by atoms with Crippen LogP contribution in [0, 0.1) is 0 Å². The number of nitrogens with one attached hydrogen (secondary N) is 1. The molecular formula is C22H21N5O2S. The molecule has 8 heteroatoms. The number of nitrogens with zero attached hydrogens (tertiary/aromatic N) is 4. The Balaban J connectivity index is 1.45. The van der Waals surface area contributed by atoms with Crippen LogP contribution in [-0.4, -0.2) is 27.7 Å². The highest BCUT2D eigenvalue weighted by atomic mass is 32.2. The van der Waals surface area contributed by atoms with Gasteiger partial charge in [0.25, 0.3) is 10.0 Å². The lowest BCUT2D eigenvalue weighted by atomic mass is 10.1. The molecular weight excluding hydrogens is 398 g/mol. The molecule has 0 bridgehead atoms. The van der Waals surface area contributed by atoms with E-state index in [4.69, 9.17) is 4.98 Å². The first kappa shape index (κ1) is 18.6. The Morgan fingerprint density at radius 3 is 2.57 bits per heavy atom. The van der Waals surface area contributed by atoms with Gasteiger partial charge in [-0.25, -0.2) is 18.1 Å². The number of imidazole rings is 1. The van der Waals surface area contributed by atoms with Gasteiger partial charge in [-0.15, -0.1) is 0 Å². The van der Waals surface area contributed by atoms with Gasteiger partial charge in [-0.2, -0.15) is 5.10 Å². The summed E-state index contributed by atoms with van der Waals surface area (Å²) in [4.78, 5) is 4.93. The summed E-state index contributed by atoms with van der Waals surface area (Å²) in [6.45, 7) is 0.957. The maximum atomic E-state index is 13.0. The molecule has 2 aromatic heterocycles. The van der Waals surface area contributed by atoms with Gasteiger partial charge in [0.2, 0.25) is 0 Å². The summed E-state index contributed by atoms with van der Waals surface area (Å²) in [7, 11) is -3.75. The van der Waals surface area contributed by atoms with Crippen LogP contribution in [-0.2, 0) is 23.0 Å². The molecule has 0 amide bonds. The highest BCUT2D eigenvalue weighted by Gasteiger charge is 2.19. The fourth-order valence-corrected chi connectivity index (χ4v) is 4.82. The zero-order valence-electron chi connectivity index (χ0n) is 16.3. The third kappa shape index (κ3) is 3.50. The number of aromatic nitrogens is 4. The van der Waals surface area contributed by atoms with E-state index in [1.54, 1.807) is 41.2 Å². The first-order valence-electron chi connectivity index (χ1n) is 9.88. The van der Waals surface area contributed by atoms with E-state index in [2.05, 4.69) is 14.4 Å². The molecule has 0 aliphatic carbocycles. The summed E-state index contributed by atoms with van der Waals surface area (Å²) in [5.74, 6) is 1.06. The minimum Gasteiger partial charge on any atom is -0.334 e. The number of sulfonamides is 1. The van der Waals surface area contributed by atoms with Crippen molar-refractivity contribution in [1.82, 2.24) is 19.3 Å². The summed E-state index contributed by atoms with van der Waals surface area (Å²) >= 11 is 0. The number of benzene rings is 2. The van der Waals surface area contributed by atoms with Gasteiger partial charge in [0.1, 0.15) is 5.82 Å². The molecule has 0 saturated carbocycles. The highest BCUT2D eigenvalue weighted by molar-refractivity contribution is 7.92. The van der Waals surface area contributed by atoms with Crippen LogP contribution in [0.15, 0.2) is 78.1 Å². The fourth-order valence-electron chi connectivity index (χ4n) is 3.74. The highest BCUT2D eigenvalue weighted by Crippen LogP contribution is 2.30. The lowest BCUT2D eigenvalue weighted by Gasteiger charge is -2.12. The number of hydrogen-bond donors (Lipinski definition) is 1. The van der Waals surface area contributed by atoms with E-state index in [1.165, 1.54) is 0 Å². The largest absolute Gasteiger partial charge is 0.334 e. The van der Waals surface area contributed by atoms with Crippen LogP contribution in [0.3, 0.4) is 0 Å². The van der Waals surface area contributed by atoms with Crippen LogP contribution in [0.4, 0.5) is 5.69 Å². The SMILES string of the molecule is O=S(=O)(Nc1ccccc1-c1cn2c(n1)CCCC2)c1ccc(-n2cccn2)cc1. The monoisotopic (exact) mass is 419 g/mol. The smallest absolute Gasteiger partial charge is 0.261 e. The third-order valence-electron chi connectivity index (χ3n) is 5.27. The second-order valence-electron chi connectivity index (χ2n) is 7.29. The molecule has 0 unspecified atom stereocenters. The van der Waals surface area contributed by atoms with E-state index in [-0.39, 0.29) is 4.90 Å². The molecule has 1 N–H and O–H groups in total. The Morgan fingerprint density at radius 1 is 0.967 bits per heavy atom. The van der Waals surface area contributed by atoms with Gasteiger partial charge in [-0.05, 0) is 49.2 Å². The molecule has 2 aromatic carbocycles. The first-order chi connectivity index (χ1) is 14.6. The Bertz CT molecular complexity index is 1250. The molecule has 5 rings (SSSR count). The molecule has 0 spiro atoms. The van der Waals surface area contributed by atoms with Crippen LogP contribution in [0.25, 0.3) is 16.9 Å². The number of aryl methyl sites for hydroxylation is 2. The molecule has 4 aromatic rings. The average molecular weight is 420 g/mol. The maximum Gasteiger partial charge on any atom is 0.261 e. The maximum absolute atomic E-state index is 13.0. The van der Waals surface area contributed by atoms with Gasteiger partial charge >= 0.3 is 0 Å². The predicted octanol–water partition coefficient (Wildman–Crippen LogP) is 3.87. The number of hydrogen-bond acceptors (Lipinski definition) is 4. The zero-order valence-corrected chi connectivity index (χ0v) is 17.1. The predicted molar refractivity (Wildman–Crippen MR) is 115 cm³/mol. The summed E-state index contributed by atoms with van der Waals surface area (Å²) in [6, 6.07) is 15.8. The third-order valence-corrected chi connectivity index (χ3v) is 6.65. The Hall–Kier alpha value is -3.39. The van der Waals surface area contributed by atoms with Gasteiger partial charge in [0, 0.05) is 37.1 Å². The Morgan fingerprint density at radius 2 is 1.80 bits per heavy atom. The average Bonchev–Trinajstić information content (AvgIpc) is 3.44. The Labute approximate surface area is 175 Å². The number of fused-ring (bicyclic) bond motifs is 1. The van der Waals surface area contributed by atoms with Gasteiger partial charge in [0.15, 0.2) is 0 Å². The van der Waals surface area contributed by atoms with Crippen LogP contribution >= 0.6 is 0 Å². The van der Waals surface area contributed by atoms with E-state index >= 15 is 0 Å². The number of rotatable bonds is 5. The first-order valence-corrected chi connectivity index (χ1v) is 11.4. The van der Waals surface area contributed by atoms with E-state index in [1.807, 2.05) is 36.7 Å². The molecule has 0 fully saturated rings. The topological polar surface area (TPSA) is 81.8 Å². The van der Waals surface area contributed by atoms with E-state index in [0.29, 0.717) is 5.69 Å². The van der Waals surface area contributed by atoms with Crippen LogP contribution in [0.2, 0.25) is 0 Å². The standard InChI is InChI=1S/C22H21N5O2S/c28-30(29,18-11-9-17(10-12-18)27-15-5-13-23-27)25-20-7-2-1-6-19(20)21-16-26-14-4-3-8-22(26)24-21/h1-2,5-7,9-13,15-16,25H,3-4,8,14H2. The normalized spacial score (nSPS) is 13.7. The van der Waals surface area contributed by atoms with Gasteiger partial charge < -0.3 is 4.57 Å². The fraction of sp³-hybridized carbons (Fsp3) is 0.182. The van der Waals surface area contributed by atoms with Gasteiger partial charge in [0.05, 0.1) is 22.0 Å². The van der Waals surface area contributed by atoms with Crippen molar-refractivity contribution in [1.29, 1.82) is 0 Å². The molecule has 1 aliphatic heterocycles. The van der Waals surface area contributed by atoms with Crippen LogP contribution in [0.1, 0.15) is 18.7 Å². The molecule has 1 aliphatic rings. The lowest BCUT2D eigenvalue weighted by molar-refractivity contribution is 0.522.